The summed E-state index contributed by atoms with van der Waals surface area (Å²) in [6.45, 7) is 0. The van der Waals surface area contributed by atoms with Gasteiger partial charge in [0.15, 0.2) is 0 Å². The van der Waals surface area contributed by atoms with E-state index < -0.39 is 0 Å². The average Bonchev–Trinajstić information content (AvgIpc) is 2.78. The number of benzene rings is 2. The van der Waals surface area contributed by atoms with Gasteiger partial charge < -0.3 is 5.73 Å². The summed E-state index contributed by atoms with van der Waals surface area (Å²) in [7, 11) is 0. The maximum atomic E-state index is 13.3. The third-order valence-corrected chi connectivity index (χ3v) is 3.65. The normalized spacial score (nSPS) is 11.0. The molecule has 90 valence electrons. The minimum Gasteiger partial charge on any atom is -0.398 e. The van der Waals surface area contributed by atoms with E-state index in [0.717, 1.165) is 15.4 Å². The number of hydrogen-bond acceptors (Lipinski definition) is 2. The van der Waals surface area contributed by atoms with Gasteiger partial charge in [-0.1, -0.05) is 12.1 Å². The summed E-state index contributed by atoms with van der Waals surface area (Å²) < 4.78 is 14.0. The molecule has 0 unspecified atom stereocenters. The van der Waals surface area contributed by atoms with Crippen molar-refractivity contribution in [3.05, 3.63) is 46.7 Å². The highest BCUT2D eigenvalue weighted by Crippen LogP contribution is 2.35. The molecule has 1 aromatic heterocycles. The summed E-state index contributed by atoms with van der Waals surface area (Å²) in [6.07, 6.45) is 0. The molecule has 3 rings (SSSR count). The van der Waals surface area contributed by atoms with Gasteiger partial charge in [-0.15, -0.1) is 0 Å². The first-order chi connectivity index (χ1) is 8.66. The Balaban J connectivity index is 2.33. The number of fused-ring (bicyclic) bond motifs is 1. The molecule has 18 heavy (non-hydrogen) atoms. The highest BCUT2D eigenvalue weighted by Gasteiger charge is 2.13. The first-order valence-electron chi connectivity index (χ1n) is 5.35. The van der Waals surface area contributed by atoms with Crippen LogP contribution in [-0.4, -0.2) is 10.2 Å². The number of H-pyrrole nitrogens is 1. The van der Waals surface area contributed by atoms with Gasteiger partial charge in [-0.05, 0) is 40.2 Å². The third kappa shape index (κ3) is 1.67. The second-order valence-electron chi connectivity index (χ2n) is 3.97. The number of hydrogen-bond donors (Lipinski definition) is 2. The van der Waals surface area contributed by atoms with Crippen molar-refractivity contribution in [2.45, 2.75) is 0 Å². The summed E-state index contributed by atoms with van der Waals surface area (Å²) in [6, 6.07) is 9.97. The Morgan fingerprint density at radius 2 is 2.06 bits per heavy atom. The molecule has 0 radical (unpaired) electrons. The number of nitrogen functional groups attached to an aromatic ring is 1. The van der Waals surface area contributed by atoms with E-state index in [4.69, 9.17) is 5.73 Å². The van der Waals surface area contributed by atoms with Gasteiger partial charge in [0.05, 0.1) is 9.99 Å². The van der Waals surface area contributed by atoms with Gasteiger partial charge in [-0.25, -0.2) is 4.39 Å². The second kappa shape index (κ2) is 4.10. The molecule has 0 atom stereocenters. The fourth-order valence-electron chi connectivity index (χ4n) is 1.93. The lowest BCUT2D eigenvalue weighted by Gasteiger charge is -2.02. The smallest absolute Gasteiger partial charge is 0.123 e. The molecule has 3 N–H and O–H groups in total. The van der Waals surface area contributed by atoms with E-state index in [1.165, 1.54) is 12.1 Å². The van der Waals surface area contributed by atoms with E-state index in [0.29, 0.717) is 16.9 Å². The summed E-state index contributed by atoms with van der Waals surface area (Å²) >= 11 is 3.45. The molecule has 0 aliphatic heterocycles. The Labute approximate surface area is 111 Å². The van der Waals surface area contributed by atoms with Gasteiger partial charge in [0.25, 0.3) is 0 Å². The number of anilines is 1. The van der Waals surface area contributed by atoms with Crippen LogP contribution >= 0.6 is 15.9 Å². The Morgan fingerprint density at radius 3 is 2.83 bits per heavy atom. The third-order valence-electron chi connectivity index (χ3n) is 2.79. The molecular formula is C13H9BrFN3. The predicted molar refractivity (Wildman–Crippen MR) is 73.6 cm³/mol. The Hall–Kier alpha value is -1.88. The van der Waals surface area contributed by atoms with Crippen molar-refractivity contribution in [2.75, 3.05) is 5.73 Å². The highest BCUT2D eigenvalue weighted by atomic mass is 79.9. The Kier molecular flexibility index (Phi) is 2.56. The molecule has 2 aromatic carbocycles. The maximum absolute atomic E-state index is 13.3. The topological polar surface area (TPSA) is 54.7 Å². The molecule has 0 aliphatic rings. The van der Waals surface area contributed by atoms with E-state index in [1.54, 1.807) is 12.1 Å². The number of halogens is 2. The molecule has 0 saturated heterocycles. The summed E-state index contributed by atoms with van der Waals surface area (Å²) in [5.41, 5.74) is 8.74. The van der Waals surface area contributed by atoms with Gasteiger partial charge in [0, 0.05) is 16.6 Å². The van der Waals surface area contributed by atoms with Crippen LogP contribution in [0.25, 0.3) is 22.2 Å². The predicted octanol–water partition coefficient (Wildman–Crippen LogP) is 3.71. The van der Waals surface area contributed by atoms with Crippen molar-refractivity contribution in [1.29, 1.82) is 0 Å². The van der Waals surface area contributed by atoms with E-state index >= 15 is 0 Å². The molecule has 0 fully saturated rings. The lowest BCUT2D eigenvalue weighted by molar-refractivity contribution is 0.628. The van der Waals surface area contributed by atoms with Crippen LogP contribution in [0.4, 0.5) is 10.1 Å². The molecule has 0 amide bonds. The monoisotopic (exact) mass is 305 g/mol. The van der Waals surface area contributed by atoms with E-state index in [9.17, 15) is 4.39 Å². The van der Waals surface area contributed by atoms with Crippen molar-refractivity contribution in [3.63, 3.8) is 0 Å². The van der Waals surface area contributed by atoms with E-state index in [1.807, 2.05) is 12.1 Å². The van der Waals surface area contributed by atoms with Crippen LogP contribution in [-0.2, 0) is 0 Å². The van der Waals surface area contributed by atoms with Crippen molar-refractivity contribution in [2.24, 2.45) is 0 Å². The number of nitrogens with one attached hydrogen (secondary N) is 1. The number of aromatic nitrogens is 2. The fourth-order valence-corrected chi connectivity index (χ4v) is 2.47. The average molecular weight is 306 g/mol. The summed E-state index contributed by atoms with van der Waals surface area (Å²) in [5, 5.41) is 8.01. The molecule has 5 heteroatoms. The van der Waals surface area contributed by atoms with Crippen LogP contribution in [0.15, 0.2) is 40.9 Å². The minimum absolute atomic E-state index is 0.288. The number of aromatic amines is 1. The zero-order valence-electron chi connectivity index (χ0n) is 9.24. The van der Waals surface area contributed by atoms with Crippen LogP contribution in [0.2, 0.25) is 0 Å². The molecule has 1 heterocycles. The number of nitrogens with two attached hydrogens (primary N) is 1. The molecular weight excluding hydrogens is 297 g/mol. The van der Waals surface area contributed by atoms with Crippen LogP contribution in [0, 0.1) is 5.82 Å². The largest absolute Gasteiger partial charge is 0.398 e. The van der Waals surface area contributed by atoms with Gasteiger partial charge in [-0.2, -0.15) is 5.10 Å². The summed E-state index contributed by atoms with van der Waals surface area (Å²) in [4.78, 5) is 0. The van der Waals surface area contributed by atoms with Gasteiger partial charge in [0.2, 0.25) is 0 Å². The molecule has 0 aliphatic carbocycles. The SMILES string of the molecule is Nc1ccc2[nH]nc(-c3cccc(F)c3)c2c1Br. The van der Waals surface area contributed by atoms with Crippen molar-refractivity contribution < 1.29 is 4.39 Å². The van der Waals surface area contributed by atoms with Gasteiger partial charge >= 0.3 is 0 Å². The molecule has 0 saturated carbocycles. The Morgan fingerprint density at radius 1 is 1.22 bits per heavy atom. The minimum atomic E-state index is -0.288. The van der Waals surface area contributed by atoms with E-state index in [-0.39, 0.29) is 5.82 Å². The molecule has 3 nitrogen and oxygen atoms in total. The first-order valence-corrected chi connectivity index (χ1v) is 6.14. The zero-order chi connectivity index (χ0) is 12.7. The fraction of sp³-hybridized carbons (Fsp3) is 0. The van der Waals surface area contributed by atoms with Crippen molar-refractivity contribution >= 4 is 32.5 Å². The zero-order valence-corrected chi connectivity index (χ0v) is 10.8. The van der Waals surface area contributed by atoms with Crippen molar-refractivity contribution in [3.8, 4) is 11.3 Å². The van der Waals surface area contributed by atoms with Crippen LogP contribution in [0.3, 0.4) is 0 Å². The molecule has 3 aromatic rings. The van der Waals surface area contributed by atoms with Crippen LogP contribution < -0.4 is 5.73 Å². The number of rotatable bonds is 1. The van der Waals surface area contributed by atoms with Gasteiger partial charge in [-0.3, -0.25) is 5.10 Å². The lowest BCUT2D eigenvalue weighted by Crippen LogP contribution is -1.87. The maximum Gasteiger partial charge on any atom is 0.123 e. The molecule has 0 spiro atoms. The summed E-state index contributed by atoms with van der Waals surface area (Å²) in [5.74, 6) is -0.288. The second-order valence-corrected chi connectivity index (χ2v) is 4.77. The van der Waals surface area contributed by atoms with Crippen LogP contribution in [0.1, 0.15) is 0 Å². The standard InChI is InChI=1S/C13H9BrFN3/c14-12-9(16)4-5-10-11(12)13(18-17-10)7-2-1-3-8(15)6-7/h1-6H,16H2,(H,17,18). The highest BCUT2D eigenvalue weighted by molar-refractivity contribution is 9.10. The quantitative estimate of drug-likeness (QED) is 0.673. The Bertz CT molecular complexity index is 736. The lowest BCUT2D eigenvalue weighted by atomic mass is 10.1. The van der Waals surface area contributed by atoms with Crippen molar-refractivity contribution in [1.82, 2.24) is 10.2 Å². The number of nitrogens with zero attached hydrogens (tertiary/aromatic N) is 1. The van der Waals surface area contributed by atoms with Crippen LogP contribution in [0.5, 0.6) is 0 Å². The first kappa shape index (κ1) is 11.2. The van der Waals surface area contributed by atoms with E-state index in [2.05, 4.69) is 26.1 Å². The van der Waals surface area contributed by atoms with Gasteiger partial charge in [0.1, 0.15) is 11.5 Å². The molecule has 0 bridgehead atoms.